The van der Waals surface area contributed by atoms with Gasteiger partial charge in [-0.2, -0.15) is 4.72 Å². The fourth-order valence-electron chi connectivity index (χ4n) is 1.97. The zero-order chi connectivity index (χ0) is 17.7. The number of amides is 1. The number of anilines is 1. The molecule has 3 N–H and O–H groups in total. The quantitative estimate of drug-likeness (QED) is 0.695. The van der Waals surface area contributed by atoms with E-state index in [4.69, 9.17) is 0 Å². The lowest BCUT2D eigenvalue weighted by Gasteiger charge is -2.17. The SMILES string of the molecule is CCC(NS(=O)(=O)c1ccc(F)cc1)C(=O)Nc1ccc(O)cc1. The van der Waals surface area contributed by atoms with Crippen LogP contribution in [0, 0.1) is 5.82 Å². The summed E-state index contributed by atoms with van der Waals surface area (Å²) in [5.41, 5.74) is 0.428. The Kier molecular flexibility index (Phi) is 5.53. The van der Waals surface area contributed by atoms with Gasteiger partial charge in [-0.3, -0.25) is 4.79 Å². The molecular formula is C16H17FN2O4S. The Balaban J connectivity index is 2.11. The summed E-state index contributed by atoms with van der Waals surface area (Å²) in [6.07, 6.45) is 0.227. The molecule has 0 aromatic heterocycles. The molecule has 2 rings (SSSR count). The van der Waals surface area contributed by atoms with Crippen molar-refractivity contribution < 1.29 is 22.7 Å². The summed E-state index contributed by atoms with van der Waals surface area (Å²) in [5, 5.41) is 11.8. The van der Waals surface area contributed by atoms with Gasteiger partial charge in [-0.05, 0) is 55.0 Å². The number of sulfonamides is 1. The molecule has 128 valence electrons. The van der Waals surface area contributed by atoms with Crippen molar-refractivity contribution in [2.75, 3.05) is 5.32 Å². The van der Waals surface area contributed by atoms with Crippen LogP contribution in [-0.4, -0.2) is 25.5 Å². The van der Waals surface area contributed by atoms with E-state index in [0.29, 0.717) is 5.69 Å². The van der Waals surface area contributed by atoms with E-state index in [1.54, 1.807) is 6.92 Å². The number of carbonyl (C=O) groups is 1. The van der Waals surface area contributed by atoms with Crippen molar-refractivity contribution >= 4 is 21.6 Å². The van der Waals surface area contributed by atoms with Gasteiger partial charge >= 0.3 is 0 Å². The van der Waals surface area contributed by atoms with Gasteiger partial charge in [0.05, 0.1) is 4.90 Å². The zero-order valence-corrected chi connectivity index (χ0v) is 13.7. The molecule has 0 bridgehead atoms. The van der Waals surface area contributed by atoms with E-state index in [1.165, 1.54) is 24.3 Å². The number of nitrogens with one attached hydrogen (secondary N) is 2. The van der Waals surface area contributed by atoms with E-state index in [1.807, 2.05) is 0 Å². The smallest absolute Gasteiger partial charge is 0.242 e. The second-order valence-electron chi connectivity index (χ2n) is 5.07. The number of hydrogen-bond donors (Lipinski definition) is 3. The molecule has 0 aliphatic rings. The van der Waals surface area contributed by atoms with Crippen LogP contribution in [0.1, 0.15) is 13.3 Å². The van der Waals surface area contributed by atoms with Crippen molar-refractivity contribution in [3.63, 3.8) is 0 Å². The number of phenols is 1. The van der Waals surface area contributed by atoms with Crippen molar-refractivity contribution in [2.45, 2.75) is 24.3 Å². The Bertz CT molecular complexity index is 805. The van der Waals surface area contributed by atoms with E-state index in [-0.39, 0.29) is 17.1 Å². The lowest BCUT2D eigenvalue weighted by atomic mass is 10.2. The molecular weight excluding hydrogens is 335 g/mol. The van der Waals surface area contributed by atoms with Crippen LogP contribution < -0.4 is 10.0 Å². The van der Waals surface area contributed by atoms with Crippen molar-refractivity contribution in [1.29, 1.82) is 0 Å². The van der Waals surface area contributed by atoms with Crippen LogP contribution in [0.3, 0.4) is 0 Å². The Hall–Kier alpha value is -2.45. The molecule has 1 atom stereocenters. The third-order valence-electron chi connectivity index (χ3n) is 3.28. The summed E-state index contributed by atoms with van der Waals surface area (Å²) in [5.74, 6) is -1.03. The van der Waals surface area contributed by atoms with Crippen LogP contribution in [0.4, 0.5) is 10.1 Å². The molecule has 6 nitrogen and oxygen atoms in total. The summed E-state index contributed by atoms with van der Waals surface area (Å²) in [6.45, 7) is 1.66. The Morgan fingerprint density at radius 3 is 2.25 bits per heavy atom. The molecule has 0 saturated heterocycles. The highest BCUT2D eigenvalue weighted by Gasteiger charge is 2.24. The van der Waals surface area contributed by atoms with Gasteiger partial charge in [0.15, 0.2) is 0 Å². The minimum absolute atomic E-state index is 0.0528. The van der Waals surface area contributed by atoms with Crippen molar-refractivity contribution in [2.24, 2.45) is 0 Å². The molecule has 24 heavy (non-hydrogen) atoms. The molecule has 0 saturated carbocycles. The first kappa shape index (κ1) is 17.9. The number of hydrogen-bond acceptors (Lipinski definition) is 4. The van der Waals surface area contributed by atoms with Gasteiger partial charge in [-0.15, -0.1) is 0 Å². The molecule has 0 radical (unpaired) electrons. The van der Waals surface area contributed by atoms with Crippen LogP contribution in [-0.2, 0) is 14.8 Å². The Morgan fingerprint density at radius 2 is 1.71 bits per heavy atom. The maximum Gasteiger partial charge on any atom is 0.242 e. The molecule has 2 aromatic rings. The summed E-state index contributed by atoms with van der Waals surface area (Å²) >= 11 is 0. The number of carbonyl (C=O) groups excluding carboxylic acids is 1. The van der Waals surface area contributed by atoms with Gasteiger partial charge < -0.3 is 10.4 Å². The molecule has 0 heterocycles. The van der Waals surface area contributed by atoms with Gasteiger partial charge in [0.25, 0.3) is 0 Å². The number of rotatable bonds is 6. The van der Waals surface area contributed by atoms with Crippen LogP contribution in [0.2, 0.25) is 0 Å². The predicted molar refractivity (Wildman–Crippen MR) is 87.5 cm³/mol. The van der Waals surface area contributed by atoms with Gasteiger partial charge in [0.1, 0.15) is 17.6 Å². The van der Waals surface area contributed by atoms with E-state index in [2.05, 4.69) is 10.0 Å². The molecule has 0 fully saturated rings. The molecule has 1 unspecified atom stereocenters. The van der Waals surface area contributed by atoms with Gasteiger partial charge in [0, 0.05) is 5.69 Å². The number of halogens is 1. The highest BCUT2D eigenvalue weighted by atomic mass is 32.2. The molecule has 0 aliphatic carbocycles. The number of benzene rings is 2. The standard InChI is InChI=1S/C16H17FN2O4S/c1-2-15(16(21)18-12-5-7-13(20)8-6-12)19-24(22,23)14-9-3-11(17)4-10-14/h3-10,15,19-20H,2H2,1H3,(H,18,21). The first-order valence-corrected chi connectivity index (χ1v) is 8.68. The first-order chi connectivity index (χ1) is 11.3. The van der Waals surface area contributed by atoms with Gasteiger partial charge in [0.2, 0.25) is 15.9 Å². The molecule has 2 aromatic carbocycles. The summed E-state index contributed by atoms with van der Waals surface area (Å²) < 4.78 is 39.7. The van der Waals surface area contributed by atoms with Gasteiger partial charge in [-0.1, -0.05) is 6.92 Å². The normalized spacial score (nSPS) is 12.6. The highest BCUT2D eigenvalue weighted by molar-refractivity contribution is 7.89. The average Bonchev–Trinajstić information content (AvgIpc) is 2.55. The third kappa shape index (κ3) is 4.53. The maximum atomic E-state index is 12.9. The third-order valence-corrected chi connectivity index (χ3v) is 4.77. The van der Waals surface area contributed by atoms with Crippen LogP contribution in [0.15, 0.2) is 53.4 Å². The van der Waals surface area contributed by atoms with E-state index in [9.17, 15) is 22.7 Å². The topological polar surface area (TPSA) is 95.5 Å². The van der Waals surface area contributed by atoms with E-state index < -0.39 is 27.8 Å². The zero-order valence-electron chi connectivity index (χ0n) is 12.9. The minimum atomic E-state index is -3.95. The fourth-order valence-corrected chi connectivity index (χ4v) is 3.24. The second kappa shape index (κ2) is 7.41. The maximum absolute atomic E-state index is 12.9. The number of phenolic OH excluding ortho intramolecular Hbond substituents is 1. The van der Waals surface area contributed by atoms with E-state index >= 15 is 0 Å². The number of aromatic hydroxyl groups is 1. The fraction of sp³-hybridized carbons (Fsp3) is 0.188. The average molecular weight is 352 g/mol. The largest absolute Gasteiger partial charge is 0.508 e. The minimum Gasteiger partial charge on any atom is -0.508 e. The summed E-state index contributed by atoms with van der Waals surface area (Å²) in [4.78, 5) is 12.1. The van der Waals surface area contributed by atoms with Gasteiger partial charge in [-0.25, -0.2) is 12.8 Å². The van der Waals surface area contributed by atoms with Crippen LogP contribution in [0.5, 0.6) is 5.75 Å². The molecule has 0 spiro atoms. The summed E-state index contributed by atoms with van der Waals surface area (Å²) in [7, 11) is -3.95. The van der Waals surface area contributed by atoms with Crippen molar-refractivity contribution in [1.82, 2.24) is 4.72 Å². The summed E-state index contributed by atoms with van der Waals surface area (Å²) in [6, 6.07) is 9.12. The van der Waals surface area contributed by atoms with Crippen LogP contribution >= 0.6 is 0 Å². The molecule has 8 heteroatoms. The first-order valence-electron chi connectivity index (χ1n) is 7.19. The van der Waals surface area contributed by atoms with Crippen molar-refractivity contribution in [3.8, 4) is 5.75 Å². The van der Waals surface area contributed by atoms with Crippen molar-refractivity contribution in [3.05, 3.63) is 54.3 Å². The van der Waals surface area contributed by atoms with Crippen LogP contribution in [0.25, 0.3) is 0 Å². The molecule has 0 aliphatic heterocycles. The lowest BCUT2D eigenvalue weighted by molar-refractivity contribution is -0.117. The lowest BCUT2D eigenvalue weighted by Crippen LogP contribution is -2.43. The predicted octanol–water partition coefficient (Wildman–Crippen LogP) is 2.23. The van der Waals surface area contributed by atoms with E-state index in [0.717, 1.165) is 24.3 Å². The Morgan fingerprint density at radius 1 is 1.12 bits per heavy atom. The second-order valence-corrected chi connectivity index (χ2v) is 6.79. The highest BCUT2D eigenvalue weighted by Crippen LogP contribution is 2.15. The Labute approximate surface area is 139 Å². The monoisotopic (exact) mass is 352 g/mol. The molecule has 1 amide bonds.